The molecule has 0 fully saturated rings. The number of thiazole rings is 1. The number of nitrogens with one attached hydrogen (secondary N) is 1. The van der Waals surface area contributed by atoms with Crippen LogP contribution in [-0.4, -0.2) is 30.1 Å². The van der Waals surface area contributed by atoms with Crippen LogP contribution >= 0.6 is 34.5 Å². The first-order valence-corrected chi connectivity index (χ1v) is 8.44. The topological polar surface area (TPSA) is 77.5 Å². The van der Waals surface area contributed by atoms with Gasteiger partial charge in [0.05, 0.1) is 17.3 Å². The summed E-state index contributed by atoms with van der Waals surface area (Å²) in [5.41, 5.74) is 0.473. The Morgan fingerprint density at radius 2 is 2.12 bits per heavy atom. The van der Waals surface area contributed by atoms with Crippen LogP contribution in [0.15, 0.2) is 23.6 Å². The number of carbonyl (C=O) groups excluding carboxylic acids is 2. The normalized spacial score (nSPS) is 11.8. The second-order valence-corrected chi connectivity index (χ2v) is 6.51. The van der Waals surface area contributed by atoms with Crippen molar-refractivity contribution < 1.29 is 19.1 Å². The van der Waals surface area contributed by atoms with Crippen LogP contribution in [-0.2, 0) is 20.9 Å². The molecule has 1 heterocycles. The van der Waals surface area contributed by atoms with Crippen LogP contribution in [0.5, 0.6) is 0 Å². The third-order valence-corrected chi connectivity index (χ3v) is 4.26. The quantitative estimate of drug-likeness (QED) is 0.761. The predicted octanol–water partition coefficient (Wildman–Crippen LogP) is 3.78. The summed E-state index contributed by atoms with van der Waals surface area (Å²) in [4.78, 5) is 28.2. The summed E-state index contributed by atoms with van der Waals surface area (Å²) < 4.78 is 10.0. The molecule has 1 aromatic carbocycles. The van der Waals surface area contributed by atoms with Gasteiger partial charge in [-0.1, -0.05) is 23.2 Å². The molecule has 0 bridgehead atoms. The second kappa shape index (κ2) is 8.43. The van der Waals surface area contributed by atoms with Gasteiger partial charge in [-0.25, -0.2) is 9.78 Å². The zero-order valence-corrected chi connectivity index (χ0v) is 15.2. The SMILES string of the molecule is COCc1nc(C(=O)OC(C)C(=O)Nc2cc(Cl)ccc2Cl)cs1. The fourth-order valence-corrected chi connectivity index (χ4v) is 2.77. The number of anilines is 1. The molecular weight excluding hydrogens is 375 g/mol. The number of rotatable bonds is 6. The van der Waals surface area contributed by atoms with E-state index in [9.17, 15) is 9.59 Å². The maximum absolute atomic E-state index is 12.1. The lowest BCUT2D eigenvalue weighted by atomic mass is 10.3. The molecule has 0 aliphatic heterocycles. The van der Waals surface area contributed by atoms with Crippen molar-refractivity contribution in [2.45, 2.75) is 19.6 Å². The number of hydrogen-bond acceptors (Lipinski definition) is 6. The third kappa shape index (κ3) is 4.91. The first kappa shape index (κ1) is 18.7. The molecule has 1 N–H and O–H groups in total. The van der Waals surface area contributed by atoms with Crippen molar-refractivity contribution in [2.75, 3.05) is 12.4 Å². The highest BCUT2D eigenvalue weighted by Gasteiger charge is 2.21. The van der Waals surface area contributed by atoms with E-state index in [-0.39, 0.29) is 5.69 Å². The number of benzene rings is 1. The largest absolute Gasteiger partial charge is 0.448 e. The van der Waals surface area contributed by atoms with E-state index in [1.54, 1.807) is 17.5 Å². The lowest BCUT2D eigenvalue weighted by Gasteiger charge is -2.13. The summed E-state index contributed by atoms with van der Waals surface area (Å²) >= 11 is 13.1. The third-order valence-electron chi connectivity index (χ3n) is 2.87. The number of ether oxygens (including phenoxy) is 2. The summed E-state index contributed by atoms with van der Waals surface area (Å²) in [5, 5.41) is 5.51. The Morgan fingerprint density at radius 3 is 2.83 bits per heavy atom. The number of hydrogen-bond donors (Lipinski definition) is 1. The number of aromatic nitrogens is 1. The smallest absolute Gasteiger partial charge is 0.358 e. The standard InChI is InChI=1S/C15H14Cl2N2O4S/c1-8(14(20)19-11-5-9(16)3-4-10(11)17)23-15(21)12-7-24-13(18-12)6-22-2/h3-5,7-8H,6H2,1-2H3,(H,19,20). The number of halogens is 2. The van der Waals surface area contributed by atoms with E-state index in [1.165, 1.54) is 31.4 Å². The zero-order valence-electron chi connectivity index (χ0n) is 12.8. The monoisotopic (exact) mass is 388 g/mol. The van der Waals surface area contributed by atoms with Gasteiger partial charge in [0.1, 0.15) is 5.01 Å². The van der Waals surface area contributed by atoms with Gasteiger partial charge < -0.3 is 14.8 Å². The maximum Gasteiger partial charge on any atom is 0.358 e. The average Bonchev–Trinajstić information content (AvgIpc) is 3.00. The molecule has 1 amide bonds. The summed E-state index contributed by atoms with van der Waals surface area (Å²) in [6.45, 7) is 1.76. The van der Waals surface area contributed by atoms with Crippen molar-refractivity contribution in [2.24, 2.45) is 0 Å². The van der Waals surface area contributed by atoms with Crippen LogP contribution in [0.2, 0.25) is 10.0 Å². The van der Waals surface area contributed by atoms with Gasteiger partial charge in [-0.2, -0.15) is 0 Å². The molecule has 6 nitrogen and oxygen atoms in total. The lowest BCUT2D eigenvalue weighted by Crippen LogP contribution is -2.30. The fourth-order valence-electron chi connectivity index (χ4n) is 1.70. The minimum absolute atomic E-state index is 0.132. The molecule has 1 unspecified atom stereocenters. The maximum atomic E-state index is 12.1. The van der Waals surface area contributed by atoms with Gasteiger partial charge in [-0.15, -0.1) is 11.3 Å². The molecule has 128 valence electrons. The molecule has 2 rings (SSSR count). The Labute approximate surface area is 152 Å². The van der Waals surface area contributed by atoms with Gasteiger partial charge in [0.25, 0.3) is 5.91 Å². The van der Waals surface area contributed by atoms with Crippen LogP contribution in [0.4, 0.5) is 5.69 Å². The number of nitrogens with zero attached hydrogens (tertiary/aromatic N) is 1. The van der Waals surface area contributed by atoms with Gasteiger partial charge >= 0.3 is 5.97 Å². The molecule has 1 aromatic heterocycles. The van der Waals surface area contributed by atoms with Crippen molar-refractivity contribution in [1.29, 1.82) is 0 Å². The number of carbonyl (C=O) groups is 2. The molecule has 0 spiro atoms. The van der Waals surface area contributed by atoms with Crippen molar-refractivity contribution in [3.8, 4) is 0 Å². The summed E-state index contributed by atoms with van der Waals surface area (Å²) in [5.74, 6) is -1.21. The predicted molar refractivity (Wildman–Crippen MR) is 92.8 cm³/mol. The molecule has 0 saturated heterocycles. The Morgan fingerprint density at radius 1 is 1.38 bits per heavy atom. The highest BCUT2D eigenvalue weighted by atomic mass is 35.5. The molecule has 0 aliphatic carbocycles. The van der Waals surface area contributed by atoms with E-state index in [0.717, 1.165) is 0 Å². The van der Waals surface area contributed by atoms with E-state index >= 15 is 0 Å². The molecule has 0 radical (unpaired) electrons. The van der Waals surface area contributed by atoms with Crippen LogP contribution in [0.25, 0.3) is 0 Å². The molecule has 0 saturated carbocycles. The van der Waals surface area contributed by atoms with Gasteiger partial charge in [0.15, 0.2) is 11.8 Å². The van der Waals surface area contributed by atoms with Gasteiger partial charge in [0, 0.05) is 17.5 Å². The van der Waals surface area contributed by atoms with Crippen molar-refractivity contribution in [3.63, 3.8) is 0 Å². The molecule has 9 heteroatoms. The first-order valence-electron chi connectivity index (χ1n) is 6.81. The van der Waals surface area contributed by atoms with E-state index in [4.69, 9.17) is 32.7 Å². The van der Waals surface area contributed by atoms with Crippen molar-refractivity contribution in [1.82, 2.24) is 4.98 Å². The molecule has 24 heavy (non-hydrogen) atoms. The van der Waals surface area contributed by atoms with Crippen molar-refractivity contribution in [3.05, 3.63) is 44.3 Å². The van der Waals surface area contributed by atoms with Crippen LogP contribution < -0.4 is 5.32 Å². The van der Waals surface area contributed by atoms with E-state index in [1.807, 2.05) is 0 Å². The highest BCUT2D eigenvalue weighted by Crippen LogP contribution is 2.25. The minimum Gasteiger partial charge on any atom is -0.448 e. The highest BCUT2D eigenvalue weighted by molar-refractivity contribution is 7.09. The number of esters is 1. The Balaban J connectivity index is 1.97. The van der Waals surface area contributed by atoms with Crippen molar-refractivity contribution >= 4 is 52.1 Å². The molecule has 2 aromatic rings. The molecular formula is C15H14Cl2N2O4S. The van der Waals surface area contributed by atoms with E-state index < -0.39 is 18.0 Å². The van der Waals surface area contributed by atoms with E-state index in [2.05, 4.69) is 10.3 Å². The van der Waals surface area contributed by atoms with Gasteiger partial charge in [0.2, 0.25) is 0 Å². The summed E-state index contributed by atoms with van der Waals surface area (Å²) in [7, 11) is 1.53. The van der Waals surface area contributed by atoms with Crippen LogP contribution in [0.3, 0.4) is 0 Å². The average molecular weight is 389 g/mol. The Bertz CT molecular complexity index is 751. The first-order chi connectivity index (χ1) is 11.4. The van der Waals surface area contributed by atoms with Gasteiger partial charge in [-0.05, 0) is 25.1 Å². The minimum atomic E-state index is -1.03. The second-order valence-electron chi connectivity index (χ2n) is 4.72. The Hall–Kier alpha value is -1.67. The number of methoxy groups -OCH3 is 1. The Kier molecular flexibility index (Phi) is 6.56. The summed E-state index contributed by atoms with van der Waals surface area (Å²) in [6.07, 6.45) is -1.03. The van der Waals surface area contributed by atoms with Crippen LogP contribution in [0, 0.1) is 0 Å². The van der Waals surface area contributed by atoms with Crippen LogP contribution in [0.1, 0.15) is 22.4 Å². The molecule has 0 aliphatic rings. The summed E-state index contributed by atoms with van der Waals surface area (Å²) in [6, 6.07) is 4.67. The zero-order chi connectivity index (χ0) is 17.7. The molecule has 1 atom stereocenters. The van der Waals surface area contributed by atoms with Gasteiger partial charge in [-0.3, -0.25) is 4.79 Å². The van der Waals surface area contributed by atoms with E-state index in [0.29, 0.717) is 27.3 Å². The fraction of sp³-hybridized carbons (Fsp3) is 0.267. The lowest BCUT2D eigenvalue weighted by molar-refractivity contribution is -0.123. The number of amides is 1.